The largest absolute Gasteiger partial charge is 0.444 e. The molecule has 0 aliphatic carbocycles. The maximum Gasteiger partial charge on any atom is 0.413 e. The smallest absolute Gasteiger partial charge is 0.413 e. The van der Waals surface area contributed by atoms with Gasteiger partial charge in [-0.1, -0.05) is 6.07 Å². The molecule has 0 radical (unpaired) electrons. The highest BCUT2D eigenvalue weighted by molar-refractivity contribution is 6.39. The lowest BCUT2D eigenvalue weighted by molar-refractivity contribution is -0.145. The van der Waals surface area contributed by atoms with Crippen LogP contribution >= 0.6 is 0 Å². The van der Waals surface area contributed by atoms with E-state index in [1.807, 2.05) is 19.3 Å². The second-order valence-corrected chi connectivity index (χ2v) is 10.6. The average molecular weight is 572 g/mol. The van der Waals surface area contributed by atoms with Gasteiger partial charge in [0.15, 0.2) is 0 Å². The molecular formula is C29H33N9O4. The zero-order chi connectivity index (χ0) is 30.4. The number of hydrogen-bond donors (Lipinski definition) is 2. The van der Waals surface area contributed by atoms with Crippen molar-refractivity contribution in [1.29, 1.82) is 0 Å². The lowest BCUT2D eigenvalue weighted by Crippen LogP contribution is -2.41. The molecule has 0 spiro atoms. The Labute approximate surface area is 243 Å². The summed E-state index contributed by atoms with van der Waals surface area (Å²) in [5.74, 6) is -1.04. The first kappa shape index (κ1) is 29.8. The lowest BCUT2D eigenvalue weighted by Gasteiger charge is -2.27. The number of carbonyl (C=O) groups is 3. The molecule has 0 aromatic carbocycles. The number of nitrogens with zero attached hydrogens (tertiary/aromatic N) is 7. The molecule has 2 N–H and O–H groups in total. The summed E-state index contributed by atoms with van der Waals surface area (Å²) in [5.41, 5.74) is 2.52. The fourth-order valence-electron chi connectivity index (χ4n) is 3.97. The Balaban J connectivity index is 1.50. The van der Waals surface area contributed by atoms with E-state index >= 15 is 0 Å². The van der Waals surface area contributed by atoms with E-state index in [-0.39, 0.29) is 18.1 Å². The Morgan fingerprint density at radius 1 is 1.00 bits per heavy atom. The molecule has 218 valence electrons. The summed E-state index contributed by atoms with van der Waals surface area (Å²) >= 11 is 0. The third-order valence-corrected chi connectivity index (χ3v) is 6.03. The van der Waals surface area contributed by atoms with Gasteiger partial charge in [0, 0.05) is 43.0 Å². The SMILES string of the molecule is Cc1cc(NC(=O)C(=O)N(Cc2ccc(-c3cnn(C)c3)cn2)[C@H](C)c2ncccn2)cnc1NC(=O)OC(C)(C)C. The Morgan fingerprint density at radius 3 is 2.33 bits per heavy atom. The van der Waals surface area contributed by atoms with Crippen LogP contribution in [0.4, 0.5) is 16.3 Å². The first-order valence-electron chi connectivity index (χ1n) is 13.2. The maximum atomic E-state index is 13.5. The molecule has 4 rings (SSSR count). The van der Waals surface area contributed by atoms with Crippen LogP contribution in [0.1, 0.15) is 50.8 Å². The molecule has 13 nitrogen and oxygen atoms in total. The predicted molar refractivity (Wildman–Crippen MR) is 155 cm³/mol. The quantitative estimate of drug-likeness (QED) is 0.312. The van der Waals surface area contributed by atoms with Crippen LogP contribution in [0.5, 0.6) is 0 Å². The highest BCUT2D eigenvalue weighted by Gasteiger charge is 2.29. The number of anilines is 2. The summed E-state index contributed by atoms with van der Waals surface area (Å²) in [6.07, 6.45) is 9.15. The molecule has 0 aliphatic heterocycles. The van der Waals surface area contributed by atoms with Gasteiger partial charge in [0.2, 0.25) is 0 Å². The molecule has 0 aliphatic rings. The predicted octanol–water partition coefficient (Wildman–Crippen LogP) is 4.05. The molecule has 0 fully saturated rings. The molecule has 42 heavy (non-hydrogen) atoms. The Morgan fingerprint density at radius 2 is 1.74 bits per heavy atom. The number of ether oxygens (including phenoxy) is 1. The maximum absolute atomic E-state index is 13.5. The van der Waals surface area contributed by atoms with E-state index in [0.717, 1.165) is 11.1 Å². The van der Waals surface area contributed by atoms with Crippen LogP contribution in [0.2, 0.25) is 0 Å². The van der Waals surface area contributed by atoms with E-state index in [0.29, 0.717) is 17.1 Å². The monoisotopic (exact) mass is 571 g/mol. The van der Waals surface area contributed by atoms with Gasteiger partial charge < -0.3 is 15.0 Å². The van der Waals surface area contributed by atoms with Gasteiger partial charge in [-0.2, -0.15) is 5.10 Å². The molecule has 0 unspecified atom stereocenters. The molecule has 0 bridgehead atoms. The average Bonchev–Trinajstić information content (AvgIpc) is 3.38. The number of rotatable bonds is 7. The van der Waals surface area contributed by atoms with Crippen LogP contribution < -0.4 is 10.6 Å². The molecule has 4 aromatic rings. The van der Waals surface area contributed by atoms with Crippen molar-refractivity contribution in [1.82, 2.24) is 34.6 Å². The molecule has 4 aromatic heterocycles. The topological polar surface area (TPSA) is 157 Å². The van der Waals surface area contributed by atoms with Crippen molar-refractivity contribution in [3.63, 3.8) is 0 Å². The highest BCUT2D eigenvalue weighted by Crippen LogP contribution is 2.23. The van der Waals surface area contributed by atoms with Crippen LogP contribution in [0, 0.1) is 6.92 Å². The minimum Gasteiger partial charge on any atom is -0.444 e. The van der Waals surface area contributed by atoms with Crippen molar-refractivity contribution < 1.29 is 19.1 Å². The van der Waals surface area contributed by atoms with Crippen LogP contribution in [-0.4, -0.2) is 58.1 Å². The summed E-state index contributed by atoms with van der Waals surface area (Å²) in [6.45, 7) is 8.75. The van der Waals surface area contributed by atoms with Crippen molar-refractivity contribution in [2.45, 2.75) is 52.8 Å². The van der Waals surface area contributed by atoms with E-state index in [4.69, 9.17) is 4.74 Å². The molecule has 13 heteroatoms. The van der Waals surface area contributed by atoms with Gasteiger partial charge in [0.25, 0.3) is 0 Å². The third-order valence-electron chi connectivity index (χ3n) is 6.03. The Bertz CT molecular complexity index is 1560. The van der Waals surface area contributed by atoms with Crippen molar-refractivity contribution in [2.75, 3.05) is 10.6 Å². The molecule has 0 saturated carbocycles. The van der Waals surface area contributed by atoms with Crippen LogP contribution in [0.3, 0.4) is 0 Å². The van der Waals surface area contributed by atoms with Crippen molar-refractivity contribution in [3.8, 4) is 11.1 Å². The van der Waals surface area contributed by atoms with E-state index < -0.39 is 29.6 Å². The van der Waals surface area contributed by atoms with Crippen LogP contribution in [-0.2, 0) is 27.9 Å². The van der Waals surface area contributed by atoms with E-state index in [1.165, 1.54) is 11.1 Å². The third kappa shape index (κ3) is 7.71. The fraction of sp³-hybridized carbons (Fsp3) is 0.310. The number of amides is 3. The first-order chi connectivity index (χ1) is 19.9. The van der Waals surface area contributed by atoms with Crippen molar-refractivity contribution in [3.05, 3.63) is 78.5 Å². The van der Waals surface area contributed by atoms with Crippen molar-refractivity contribution in [2.24, 2.45) is 7.05 Å². The molecule has 0 saturated heterocycles. The zero-order valence-electron chi connectivity index (χ0n) is 24.3. The van der Waals surface area contributed by atoms with E-state index in [9.17, 15) is 14.4 Å². The Kier molecular flexibility index (Phi) is 8.89. The van der Waals surface area contributed by atoms with Gasteiger partial charge in [-0.15, -0.1) is 0 Å². The Hall–Kier alpha value is -5.20. The summed E-state index contributed by atoms with van der Waals surface area (Å²) in [4.78, 5) is 57.4. The first-order valence-corrected chi connectivity index (χ1v) is 13.2. The number of carbonyl (C=O) groups excluding carboxylic acids is 3. The summed E-state index contributed by atoms with van der Waals surface area (Å²) in [5, 5.41) is 9.36. The fourth-order valence-corrected chi connectivity index (χ4v) is 3.97. The molecule has 1 atom stereocenters. The van der Waals surface area contributed by atoms with Gasteiger partial charge in [0.1, 0.15) is 17.2 Å². The van der Waals surface area contributed by atoms with Gasteiger partial charge in [-0.3, -0.25) is 24.6 Å². The van der Waals surface area contributed by atoms with Crippen LogP contribution in [0.25, 0.3) is 11.1 Å². The van der Waals surface area contributed by atoms with Gasteiger partial charge in [-0.25, -0.2) is 19.7 Å². The highest BCUT2D eigenvalue weighted by atomic mass is 16.6. The van der Waals surface area contributed by atoms with E-state index in [1.54, 1.807) is 82.3 Å². The minimum absolute atomic E-state index is 0.0367. The van der Waals surface area contributed by atoms with Crippen LogP contribution in [0.15, 0.2) is 61.4 Å². The second kappa shape index (κ2) is 12.5. The van der Waals surface area contributed by atoms with E-state index in [2.05, 4.69) is 35.7 Å². The number of hydrogen-bond acceptors (Lipinski definition) is 9. The minimum atomic E-state index is -0.876. The van der Waals surface area contributed by atoms with Crippen molar-refractivity contribution >= 4 is 29.4 Å². The molecule has 3 amide bonds. The van der Waals surface area contributed by atoms with Gasteiger partial charge in [-0.05, 0) is 58.4 Å². The summed E-state index contributed by atoms with van der Waals surface area (Å²) in [7, 11) is 1.83. The summed E-state index contributed by atoms with van der Waals surface area (Å²) in [6, 6.07) is 6.31. The number of aromatic nitrogens is 6. The lowest BCUT2D eigenvalue weighted by atomic mass is 10.1. The second-order valence-electron chi connectivity index (χ2n) is 10.6. The standard InChI is InChI=1S/C29H33N9O4/c1-18-12-23(15-33-24(18)36-28(41)42-29(3,4)5)35-26(39)27(40)38(19(2)25-30-10-7-11-31-25)17-22-9-8-20(13-32-22)21-14-34-37(6)16-21/h7-16,19H,17H2,1-6H3,(H,35,39)(H,33,36,41)/t19-/m1/s1. The summed E-state index contributed by atoms with van der Waals surface area (Å²) < 4.78 is 6.96. The molecular weight excluding hydrogens is 538 g/mol. The molecule has 4 heterocycles. The normalized spacial score (nSPS) is 11.9. The zero-order valence-corrected chi connectivity index (χ0v) is 24.3. The van der Waals surface area contributed by atoms with Gasteiger partial charge >= 0.3 is 17.9 Å². The number of aryl methyl sites for hydroxylation is 2. The number of nitrogens with one attached hydrogen (secondary N) is 2. The van der Waals surface area contributed by atoms with Gasteiger partial charge in [0.05, 0.1) is 36.4 Å². The number of pyridine rings is 2.